The second-order valence-corrected chi connectivity index (χ2v) is 6.48. The Hall–Kier alpha value is -3.79. The first-order chi connectivity index (χ1) is 13.1. The number of fused-ring (bicyclic) bond motifs is 4. The predicted octanol–water partition coefficient (Wildman–Crippen LogP) is 5.81. The normalized spacial score (nSPS) is 11.4. The van der Waals surface area contributed by atoms with Gasteiger partial charge in [-0.05, 0) is 35.2 Å². The molecule has 4 heteroatoms. The topological polar surface area (TPSA) is 70.7 Å². The first-order valence-corrected chi connectivity index (χ1v) is 8.53. The summed E-state index contributed by atoms with van der Waals surface area (Å²) in [6, 6.07) is 22.0. The van der Waals surface area contributed by atoms with Gasteiger partial charge in [0.15, 0.2) is 0 Å². The number of phenols is 1. The summed E-state index contributed by atoms with van der Waals surface area (Å²) in [7, 11) is 0. The number of carboxylic acids is 1. The number of aromatic hydroxyl groups is 1. The molecule has 0 aliphatic carbocycles. The molecule has 0 aliphatic heterocycles. The third-order valence-corrected chi connectivity index (χ3v) is 4.92. The van der Waals surface area contributed by atoms with Gasteiger partial charge in [-0.15, -0.1) is 0 Å². The van der Waals surface area contributed by atoms with Gasteiger partial charge < -0.3 is 14.6 Å². The predicted molar refractivity (Wildman–Crippen MR) is 105 cm³/mol. The van der Waals surface area contributed by atoms with Crippen LogP contribution < -0.4 is 0 Å². The highest BCUT2D eigenvalue weighted by molar-refractivity contribution is 6.12. The molecule has 0 saturated carbocycles. The third-order valence-electron chi connectivity index (χ3n) is 4.92. The minimum absolute atomic E-state index is 0.0402. The Balaban J connectivity index is 1.90. The fourth-order valence-electron chi connectivity index (χ4n) is 3.72. The van der Waals surface area contributed by atoms with Gasteiger partial charge in [-0.1, -0.05) is 48.5 Å². The van der Waals surface area contributed by atoms with E-state index in [2.05, 4.69) is 0 Å². The second kappa shape index (κ2) is 5.61. The number of phenolic OH excluding ortho intramolecular Hbond substituents is 1. The molecule has 0 amide bonds. The molecule has 0 saturated heterocycles. The highest BCUT2D eigenvalue weighted by Crippen LogP contribution is 2.39. The van der Waals surface area contributed by atoms with Crippen LogP contribution in [0.2, 0.25) is 0 Å². The summed E-state index contributed by atoms with van der Waals surface area (Å²) in [5.41, 5.74) is 2.96. The lowest BCUT2D eigenvalue weighted by atomic mass is 9.92. The van der Waals surface area contributed by atoms with Crippen molar-refractivity contribution in [1.82, 2.24) is 0 Å². The van der Waals surface area contributed by atoms with Gasteiger partial charge in [-0.3, -0.25) is 0 Å². The number of rotatable bonds is 2. The Morgan fingerprint density at radius 3 is 2.19 bits per heavy atom. The average Bonchev–Trinajstić information content (AvgIpc) is 3.06. The molecule has 0 radical (unpaired) electrons. The Morgan fingerprint density at radius 1 is 0.741 bits per heavy atom. The summed E-state index contributed by atoms with van der Waals surface area (Å²) < 4.78 is 5.87. The van der Waals surface area contributed by atoms with E-state index in [1.807, 2.05) is 60.7 Å². The molecule has 130 valence electrons. The molecular formula is C23H14O4. The zero-order valence-corrected chi connectivity index (χ0v) is 14.1. The minimum Gasteiger partial charge on any atom is -0.507 e. The monoisotopic (exact) mass is 354 g/mol. The van der Waals surface area contributed by atoms with Gasteiger partial charge in [0.2, 0.25) is 0 Å². The molecule has 0 atom stereocenters. The van der Waals surface area contributed by atoms with Crippen molar-refractivity contribution in [1.29, 1.82) is 0 Å². The number of hydrogen-bond donors (Lipinski definition) is 2. The lowest BCUT2D eigenvalue weighted by molar-refractivity contribution is 0.0697. The summed E-state index contributed by atoms with van der Waals surface area (Å²) in [5.74, 6) is -1.12. The molecule has 27 heavy (non-hydrogen) atoms. The lowest BCUT2D eigenvalue weighted by Gasteiger charge is -2.12. The van der Waals surface area contributed by atoms with Crippen molar-refractivity contribution in [2.24, 2.45) is 0 Å². The maximum Gasteiger partial charge on any atom is 0.336 e. The molecule has 4 nitrogen and oxygen atoms in total. The van der Waals surface area contributed by atoms with Crippen LogP contribution in [0, 0.1) is 0 Å². The quantitative estimate of drug-likeness (QED) is 0.420. The van der Waals surface area contributed by atoms with E-state index in [0.29, 0.717) is 16.3 Å². The largest absolute Gasteiger partial charge is 0.507 e. The lowest BCUT2D eigenvalue weighted by Crippen LogP contribution is -2.00. The van der Waals surface area contributed by atoms with E-state index in [9.17, 15) is 15.0 Å². The van der Waals surface area contributed by atoms with Gasteiger partial charge in [0.05, 0.1) is 5.56 Å². The van der Waals surface area contributed by atoms with Crippen LogP contribution in [-0.2, 0) is 0 Å². The van der Waals surface area contributed by atoms with Gasteiger partial charge in [-0.2, -0.15) is 0 Å². The molecule has 0 fully saturated rings. The van der Waals surface area contributed by atoms with Crippen LogP contribution >= 0.6 is 0 Å². The van der Waals surface area contributed by atoms with Gasteiger partial charge in [0, 0.05) is 21.7 Å². The van der Waals surface area contributed by atoms with Gasteiger partial charge in [0.25, 0.3) is 0 Å². The number of aromatic carboxylic acids is 1. The summed E-state index contributed by atoms with van der Waals surface area (Å²) in [6.07, 6.45) is 0. The first kappa shape index (κ1) is 15.5. The molecular weight excluding hydrogens is 340 g/mol. The molecule has 5 aromatic rings. The Morgan fingerprint density at radius 2 is 1.41 bits per heavy atom. The second-order valence-electron chi connectivity index (χ2n) is 6.48. The maximum atomic E-state index is 11.9. The van der Waals surface area contributed by atoms with Crippen molar-refractivity contribution in [2.45, 2.75) is 0 Å². The van der Waals surface area contributed by atoms with Crippen molar-refractivity contribution in [2.75, 3.05) is 0 Å². The maximum absolute atomic E-state index is 11.9. The smallest absolute Gasteiger partial charge is 0.336 e. The zero-order chi connectivity index (χ0) is 18.5. The number of benzene rings is 4. The number of carbonyl (C=O) groups is 1. The molecule has 0 spiro atoms. The van der Waals surface area contributed by atoms with Crippen LogP contribution in [0.5, 0.6) is 5.75 Å². The van der Waals surface area contributed by atoms with Crippen LogP contribution in [0.15, 0.2) is 77.2 Å². The fourth-order valence-corrected chi connectivity index (χ4v) is 3.72. The van der Waals surface area contributed by atoms with E-state index in [1.165, 1.54) is 6.07 Å². The van der Waals surface area contributed by atoms with Crippen LogP contribution in [0.1, 0.15) is 10.4 Å². The Bertz CT molecular complexity index is 1360. The van der Waals surface area contributed by atoms with E-state index in [4.69, 9.17) is 4.42 Å². The number of carboxylic acid groups (broad SMARTS) is 1. The van der Waals surface area contributed by atoms with E-state index in [0.717, 1.165) is 27.5 Å². The van der Waals surface area contributed by atoms with Crippen molar-refractivity contribution in [3.05, 3.63) is 78.4 Å². The number of para-hydroxylation sites is 1. The Labute approximate surface area is 153 Å². The van der Waals surface area contributed by atoms with Gasteiger partial charge in [-0.25, -0.2) is 4.79 Å². The molecule has 1 heterocycles. The van der Waals surface area contributed by atoms with Crippen molar-refractivity contribution >= 4 is 38.7 Å². The molecule has 5 rings (SSSR count). The summed E-state index contributed by atoms with van der Waals surface area (Å²) in [4.78, 5) is 11.9. The van der Waals surface area contributed by atoms with Crippen molar-refractivity contribution in [3.63, 3.8) is 0 Å². The van der Waals surface area contributed by atoms with Crippen LogP contribution in [0.25, 0.3) is 43.8 Å². The third kappa shape index (κ3) is 2.27. The summed E-state index contributed by atoms with van der Waals surface area (Å²) in [6.45, 7) is 0. The van der Waals surface area contributed by atoms with Crippen LogP contribution in [0.3, 0.4) is 0 Å². The average molecular weight is 354 g/mol. The highest BCUT2D eigenvalue weighted by Gasteiger charge is 2.19. The molecule has 0 aliphatic rings. The van der Waals surface area contributed by atoms with E-state index in [1.54, 1.807) is 6.07 Å². The number of furan rings is 1. The van der Waals surface area contributed by atoms with Crippen LogP contribution in [-0.4, -0.2) is 16.2 Å². The summed E-state index contributed by atoms with van der Waals surface area (Å²) >= 11 is 0. The van der Waals surface area contributed by atoms with E-state index < -0.39 is 5.97 Å². The van der Waals surface area contributed by atoms with Crippen molar-refractivity contribution < 1.29 is 19.4 Å². The highest BCUT2D eigenvalue weighted by atomic mass is 16.4. The van der Waals surface area contributed by atoms with Crippen LogP contribution in [0.4, 0.5) is 0 Å². The first-order valence-electron chi connectivity index (χ1n) is 8.53. The van der Waals surface area contributed by atoms with Gasteiger partial charge >= 0.3 is 5.97 Å². The molecule has 4 aromatic carbocycles. The zero-order valence-electron chi connectivity index (χ0n) is 14.1. The number of hydrogen-bond acceptors (Lipinski definition) is 3. The molecule has 2 N–H and O–H groups in total. The van der Waals surface area contributed by atoms with E-state index >= 15 is 0 Å². The Kier molecular flexibility index (Phi) is 3.21. The van der Waals surface area contributed by atoms with Crippen molar-refractivity contribution in [3.8, 4) is 16.9 Å². The fraction of sp³-hybridized carbons (Fsp3) is 0. The molecule has 1 aromatic heterocycles. The molecule has 0 bridgehead atoms. The van der Waals surface area contributed by atoms with Gasteiger partial charge in [0.1, 0.15) is 16.9 Å². The SMILES string of the molecule is O=C(O)c1cc(O)c2ccccc2c1-c1ccc2oc3ccccc3c2c1. The summed E-state index contributed by atoms with van der Waals surface area (Å²) in [5, 5.41) is 23.2. The minimum atomic E-state index is -1.08. The van der Waals surface area contributed by atoms with E-state index in [-0.39, 0.29) is 11.3 Å². The molecule has 0 unspecified atom stereocenters. The standard InChI is InChI=1S/C23H14O4/c24-19-12-18(23(25)26)22(16-7-2-1-5-14(16)19)13-9-10-21-17(11-13)15-6-3-4-8-20(15)27-21/h1-12,24H,(H,25,26).